The first kappa shape index (κ1) is 20.6. The van der Waals surface area contributed by atoms with E-state index < -0.39 is 15.1 Å². The molecule has 1 heterocycles. The summed E-state index contributed by atoms with van der Waals surface area (Å²) in [5.74, 6) is 0. The van der Waals surface area contributed by atoms with E-state index in [0.717, 1.165) is 24.2 Å². The van der Waals surface area contributed by atoms with E-state index in [-0.39, 0.29) is 11.8 Å². The van der Waals surface area contributed by atoms with Gasteiger partial charge >= 0.3 is 0 Å². The highest BCUT2D eigenvalue weighted by Gasteiger charge is 2.27. The van der Waals surface area contributed by atoms with Gasteiger partial charge in [-0.3, -0.25) is 4.90 Å². The Hall–Kier alpha value is -1.70. The first-order chi connectivity index (χ1) is 12.4. The minimum absolute atomic E-state index is 0.0726. The number of aromatic nitrogens is 2. The Morgan fingerprint density at radius 2 is 1.92 bits per heavy atom. The average Bonchev–Trinajstić information content (AvgIpc) is 3.03. The monoisotopic (exact) mass is 379 g/mol. The zero-order valence-electron chi connectivity index (χ0n) is 15.8. The van der Waals surface area contributed by atoms with E-state index >= 15 is 0 Å². The molecule has 0 aliphatic rings. The fourth-order valence-corrected chi connectivity index (χ4v) is 3.94. The third-order valence-electron chi connectivity index (χ3n) is 4.49. The Labute approximate surface area is 156 Å². The molecule has 7 heteroatoms. The molecule has 26 heavy (non-hydrogen) atoms. The molecule has 0 atom stereocenters. The van der Waals surface area contributed by atoms with E-state index in [1.54, 1.807) is 20.0 Å². The van der Waals surface area contributed by atoms with E-state index in [1.165, 1.54) is 0 Å². The highest BCUT2D eigenvalue weighted by molar-refractivity contribution is 7.91. The van der Waals surface area contributed by atoms with Crippen LogP contribution in [0.15, 0.2) is 41.7 Å². The molecule has 0 aliphatic heterocycles. The Morgan fingerprint density at radius 1 is 1.23 bits per heavy atom. The second kappa shape index (κ2) is 9.30. The maximum atomic E-state index is 12.7. The predicted molar refractivity (Wildman–Crippen MR) is 103 cm³/mol. The van der Waals surface area contributed by atoms with E-state index in [9.17, 15) is 13.5 Å². The number of imidazole rings is 1. The molecule has 2 aromatic rings. The number of sulfone groups is 1. The lowest BCUT2D eigenvalue weighted by Gasteiger charge is -2.21. The van der Waals surface area contributed by atoms with Crippen LogP contribution in [0.5, 0.6) is 0 Å². The summed E-state index contributed by atoms with van der Waals surface area (Å²) >= 11 is 0. The van der Waals surface area contributed by atoms with Crippen molar-refractivity contribution < 1.29 is 13.5 Å². The van der Waals surface area contributed by atoms with Crippen molar-refractivity contribution in [3.05, 3.63) is 47.8 Å². The molecule has 0 spiro atoms. The van der Waals surface area contributed by atoms with Crippen LogP contribution >= 0.6 is 0 Å². The molecule has 0 amide bonds. The average molecular weight is 380 g/mol. The molecular weight excluding hydrogens is 350 g/mol. The summed E-state index contributed by atoms with van der Waals surface area (Å²) in [7, 11) is -3.46. The third kappa shape index (κ3) is 4.93. The van der Waals surface area contributed by atoms with Gasteiger partial charge in [-0.15, -0.1) is 0 Å². The minimum Gasteiger partial charge on any atom is -0.395 e. The van der Waals surface area contributed by atoms with E-state index in [1.807, 2.05) is 41.8 Å². The van der Waals surface area contributed by atoms with Gasteiger partial charge in [0.05, 0.1) is 23.7 Å². The number of benzene rings is 1. The Bertz CT molecular complexity index is 786. The minimum atomic E-state index is -3.46. The fourth-order valence-electron chi connectivity index (χ4n) is 2.80. The first-order valence-corrected chi connectivity index (χ1v) is 10.6. The molecule has 0 unspecified atom stereocenters. The lowest BCUT2D eigenvalue weighted by Crippen LogP contribution is -2.28. The highest BCUT2D eigenvalue weighted by atomic mass is 32.2. The summed E-state index contributed by atoms with van der Waals surface area (Å²) in [6.45, 7) is 7.88. The second-order valence-corrected chi connectivity index (χ2v) is 9.00. The number of aliphatic hydroxyl groups excluding tert-OH is 1. The van der Waals surface area contributed by atoms with Crippen molar-refractivity contribution in [2.75, 3.05) is 19.7 Å². The Balaban J connectivity index is 2.34. The van der Waals surface area contributed by atoms with Crippen LogP contribution in [0.3, 0.4) is 0 Å². The van der Waals surface area contributed by atoms with Crippen LogP contribution in [0.25, 0.3) is 0 Å². The fraction of sp³-hybridized carbons (Fsp3) is 0.526. The molecule has 0 saturated carbocycles. The summed E-state index contributed by atoms with van der Waals surface area (Å²) in [6.07, 6.45) is 2.39. The summed E-state index contributed by atoms with van der Waals surface area (Å²) in [4.78, 5) is 6.33. The Morgan fingerprint density at radius 3 is 2.50 bits per heavy atom. The van der Waals surface area contributed by atoms with Crippen LogP contribution in [0.1, 0.15) is 32.0 Å². The smallest absolute Gasteiger partial charge is 0.228 e. The van der Waals surface area contributed by atoms with Gasteiger partial charge in [0, 0.05) is 19.6 Å². The summed E-state index contributed by atoms with van der Waals surface area (Å²) in [5, 5.41) is 8.83. The van der Waals surface area contributed by atoms with Gasteiger partial charge in [-0.05, 0) is 32.4 Å². The molecule has 144 valence electrons. The zero-order valence-corrected chi connectivity index (χ0v) is 16.6. The largest absolute Gasteiger partial charge is 0.395 e. The molecule has 0 bridgehead atoms. The van der Waals surface area contributed by atoms with Crippen molar-refractivity contribution in [1.29, 1.82) is 0 Å². The number of aliphatic hydroxyl groups is 1. The lowest BCUT2D eigenvalue weighted by molar-refractivity contribution is 0.193. The topological polar surface area (TPSA) is 75.4 Å². The van der Waals surface area contributed by atoms with E-state index in [4.69, 9.17) is 0 Å². The van der Waals surface area contributed by atoms with Gasteiger partial charge in [0.25, 0.3) is 0 Å². The summed E-state index contributed by atoms with van der Waals surface area (Å²) in [6, 6.07) is 10.0. The molecule has 0 aliphatic carbocycles. The molecule has 0 radical (unpaired) electrons. The highest BCUT2D eigenvalue weighted by Crippen LogP contribution is 2.19. The quantitative estimate of drug-likeness (QED) is 0.684. The van der Waals surface area contributed by atoms with Crippen LogP contribution in [0.4, 0.5) is 0 Å². The van der Waals surface area contributed by atoms with Crippen LogP contribution in [-0.4, -0.2) is 52.9 Å². The molecule has 6 nitrogen and oxygen atoms in total. The summed E-state index contributed by atoms with van der Waals surface area (Å²) < 4.78 is 27.3. The normalized spacial score (nSPS) is 12.2. The van der Waals surface area contributed by atoms with Crippen molar-refractivity contribution in [1.82, 2.24) is 14.5 Å². The third-order valence-corrected chi connectivity index (χ3v) is 6.57. The van der Waals surface area contributed by atoms with Crippen molar-refractivity contribution >= 4 is 9.84 Å². The van der Waals surface area contributed by atoms with E-state index in [2.05, 4.69) is 9.88 Å². The number of rotatable bonds is 10. The lowest BCUT2D eigenvalue weighted by atomic mass is 10.1. The molecule has 1 aromatic heterocycles. The van der Waals surface area contributed by atoms with Crippen molar-refractivity contribution in [3.8, 4) is 0 Å². The Kier molecular flexibility index (Phi) is 7.37. The van der Waals surface area contributed by atoms with Crippen molar-refractivity contribution in [2.45, 2.75) is 50.7 Å². The number of likely N-dealkylation sites (N-methyl/N-ethyl adjacent to an activating group) is 1. The number of hydrogen-bond donors (Lipinski definition) is 1. The van der Waals surface area contributed by atoms with Crippen molar-refractivity contribution in [3.63, 3.8) is 0 Å². The van der Waals surface area contributed by atoms with Gasteiger partial charge in [-0.2, -0.15) is 0 Å². The molecule has 2 rings (SSSR count). The van der Waals surface area contributed by atoms with E-state index in [0.29, 0.717) is 19.6 Å². The van der Waals surface area contributed by atoms with Gasteiger partial charge in [0.1, 0.15) is 0 Å². The standard InChI is InChI=1S/C19H29N3O3S/c1-4-21(12-13-23)15-18-14-20-19(26(24,25)16(2)3)22(18)11-10-17-8-6-5-7-9-17/h5-9,14,16,23H,4,10-13,15H2,1-3H3. The zero-order chi connectivity index (χ0) is 19.2. The van der Waals surface area contributed by atoms with Gasteiger partial charge < -0.3 is 9.67 Å². The SMILES string of the molecule is CCN(CCO)Cc1cnc(S(=O)(=O)C(C)C)n1CCc1ccccc1. The van der Waals surface area contributed by atoms with Crippen LogP contribution in [0, 0.1) is 0 Å². The number of aryl methyl sites for hydroxylation is 1. The van der Waals surface area contributed by atoms with Crippen LogP contribution in [0.2, 0.25) is 0 Å². The molecular formula is C19H29N3O3S. The maximum absolute atomic E-state index is 12.7. The predicted octanol–water partition coefficient (Wildman–Crippen LogP) is 2.12. The number of nitrogens with zero attached hydrogens (tertiary/aromatic N) is 3. The van der Waals surface area contributed by atoms with Crippen molar-refractivity contribution in [2.24, 2.45) is 0 Å². The summed E-state index contributed by atoms with van der Waals surface area (Å²) in [5.41, 5.74) is 2.01. The van der Waals surface area contributed by atoms with Gasteiger partial charge in [0.15, 0.2) is 0 Å². The molecule has 1 N–H and O–H groups in total. The number of hydrogen-bond acceptors (Lipinski definition) is 5. The molecule has 1 aromatic carbocycles. The van der Waals surface area contributed by atoms with Gasteiger partial charge in [-0.1, -0.05) is 37.3 Å². The van der Waals surface area contributed by atoms with Gasteiger partial charge in [-0.25, -0.2) is 13.4 Å². The van der Waals surface area contributed by atoms with Gasteiger partial charge in [0.2, 0.25) is 15.0 Å². The second-order valence-electron chi connectivity index (χ2n) is 6.61. The first-order valence-electron chi connectivity index (χ1n) is 9.05. The van der Waals surface area contributed by atoms with Crippen LogP contribution < -0.4 is 0 Å². The van der Waals surface area contributed by atoms with Crippen LogP contribution in [-0.2, 0) is 29.3 Å². The molecule has 0 fully saturated rings. The maximum Gasteiger partial charge on any atom is 0.228 e. The molecule has 0 saturated heterocycles.